The Balaban J connectivity index is 0.757. The van der Waals surface area contributed by atoms with Crippen LogP contribution in [0.3, 0.4) is 0 Å². The van der Waals surface area contributed by atoms with E-state index in [1.54, 1.807) is 0 Å². The maximum atomic E-state index is 4.86. The van der Waals surface area contributed by atoms with E-state index in [4.69, 9.17) is 20.6 Å². The number of benzene rings is 10. The molecule has 0 bridgehead atoms. The Morgan fingerprint density at radius 2 is 0.687 bits per heavy atom. The Morgan fingerprint density at radius 3 is 1.04 bits per heavy atom. The summed E-state index contributed by atoms with van der Waals surface area (Å²) < 4.78 is 4.03. The summed E-state index contributed by atoms with van der Waals surface area (Å²) in [5, 5.41) is 28.2. The molecule has 1 aliphatic rings. The van der Waals surface area contributed by atoms with Gasteiger partial charge in [0, 0.05) is 36.1 Å². The van der Waals surface area contributed by atoms with Crippen molar-refractivity contribution in [3.63, 3.8) is 0 Å². The molecule has 0 saturated heterocycles. The van der Waals surface area contributed by atoms with Crippen molar-refractivity contribution in [2.24, 2.45) is 0 Å². The number of nitrogens with zero attached hydrogens (tertiary/aromatic N) is 10. The molecule has 404 valence electrons. The first kappa shape index (κ1) is 52.1. The Morgan fingerprint density at radius 1 is 0.361 bits per heavy atom. The lowest BCUT2D eigenvalue weighted by Gasteiger charge is -2.36. The van der Waals surface area contributed by atoms with Crippen molar-refractivity contribution in [1.82, 2.24) is 50.2 Å². The summed E-state index contributed by atoms with van der Waals surface area (Å²) in [5.41, 5.74) is 14.7. The quantitative estimate of drug-likeness (QED) is 0.0739. The summed E-state index contributed by atoms with van der Waals surface area (Å²) in [4.78, 5) is 4.99. The lowest BCUT2D eigenvalue weighted by Crippen LogP contribution is -2.39. The fourth-order valence-corrected chi connectivity index (χ4v) is 12.3. The molecule has 2 aromatic heterocycles. The topological polar surface area (TPSA) is 93.7 Å². The molecule has 0 N–H and O–H groups in total. The highest BCUT2D eigenvalue weighted by atomic mass is 15.6. The van der Waals surface area contributed by atoms with Crippen LogP contribution in [0.1, 0.15) is 70.7 Å². The third-order valence-corrected chi connectivity index (χ3v) is 16.2. The summed E-state index contributed by atoms with van der Waals surface area (Å²) in [7, 11) is 0. The summed E-state index contributed by atoms with van der Waals surface area (Å²) in [6.45, 7) is 4.66. The first-order valence-electron chi connectivity index (χ1n) is 28.6. The van der Waals surface area contributed by atoms with Crippen molar-refractivity contribution in [3.05, 3.63) is 335 Å². The lowest BCUT2D eigenvalue weighted by molar-refractivity contribution is 0.240. The summed E-state index contributed by atoms with van der Waals surface area (Å²) in [6, 6.07) is 98.3. The molecule has 0 saturated carbocycles. The molecule has 0 atom stereocenters. The van der Waals surface area contributed by atoms with Crippen LogP contribution < -0.4 is 0 Å². The van der Waals surface area contributed by atoms with Crippen molar-refractivity contribution in [1.29, 1.82) is 0 Å². The molecule has 0 unspecified atom stereocenters. The lowest BCUT2D eigenvalue weighted by atomic mass is 9.77. The minimum atomic E-state index is -0.867. The Hall–Kier alpha value is -10.3. The number of hydrogen-bond acceptors (Lipinski definition) is 8. The predicted octanol–water partition coefficient (Wildman–Crippen LogP) is 15.3. The van der Waals surface area contributed by atoms with Crippen LogP contribution in [-0.4, -0.2) is 56.9 Å². The normalized spacial score (nSPS) is 12.6. The van der Waals surface area contributed by atoms with Gasteiger partial charge in [0.2, 0.25) is 0 Å². The van der Waals surface area contributed by atoms with Crippen molar-refractivity contribution >= 4 is 0 Å². The zero-order valence-corrected chi connectivity index (χ0v) is 46.4. The fraction of sp³-hybridized carbons (Fsp3) is 0.123. The van der Waals surface area contributed by atoms with Crippen molar-refractivity contribution < 1.29 is 0 Å². The van der Waals surface area contributed by atoms with Crippen LogP contribution in [0.15, 0.2) is 291 Å². The van der Waals surface area contributed by atoms with Gasteiger partial charge in [0.1, 0.15) is 11.1 Å². The van der Waals surface area contributed by atoms with E-state index in [0.29, 0.717) is 11.6 Å². The molecule has 0 radical (unpaired) electrons. The van der Waals surface area contributed by atoms with Gasteiger partial charge >= 0.3 is 0 Å². The minimum Gasteiger partial charge on any atom is -0.354 e. The summed E-state index contributed by atoms with van der Waals surface area (Å²) in [6.07, 6.45) is 5.67. The Kier molecular flexibility index (Phi) is 14.7. The van der Waals surface area contributed by atoms with E-state index < -0.39 is 11.1 Å². The van der Waals surface area contributed by atoms with Crippen LogP contribution in [0.4, 0.5) is 0 Å². The van der Waals surface area contributed by atoms with E-state index in [-0.39, 0.29) is 0 Å². The average molecular weight is 1080 g/mol. The largest absolute Gasteiger partial charge is 0.354 e. The molecule has 3 heterocycles. The third kappa shape index (κ3) is 9.88. The molecular weight excluding hydrogens is 1020 g/mol. The van der Waals surface area contributed by atoms with Gasteiger partial charge in [-0.25, -0.2) is 9.36 Å². The number of unbranched alkanes of at least 4 members (excludes halogenated alkanes) is 1. The van der Waals surface area contributed by atoms with Gasteiger partial charge in [-0.05, 0) is 100 Å². The summed E-state index contributed by atoms with van der Waals surface area (Å²) >= 11 is 0. The molecule has 10 heteroatoms. The van der Waals surface area contributed by atoms with Crippen molar-refractivity contribution in [2.45, 2.75) is 50.4 Å². The van der Waals surface area contributed by atoms with Gasteiger partial charge in [0.15, 0.2) is 11.6 Å². The van der Waals surface area contributed by atoms with E-state index in [2.05, 4.69) is 312 Å². The Labute approximate surface area is 485 Å². The van der Waals surface area contributed by atoms with E-state index in [1.165, 1.54) is 16.8 Å². The van der Waals surface area contributed by atoms with Gasteiger partial charge in [-0.15, -0.1) is 10.2 Å². The van der Waals surface area contributed by atoms with E-state index in [9.17, 15) is 0 Å². The predicted molar refractivity (Wildman–Crippen MR) is 330 cm³/mol. The molecule has 0 aliphatic carbocycles. The van der Waals surface area contributed by atoms with Gasteiger partial charge < -0.3 is 9.80 Å². The van der Waals surface area contributed by atoms with Crippen LogP contribution in [0.5, 0.6) is 0 Å². The zero-order chi connectivity index (χ0) is 55.8. The maximum Gasteiger partial charge on any atom is 0.184 e. The first-order chi connectivity index (χ1) is 41.1. The second kappa shape index (κ2) is 23.4. The molecule has 13 rings (SSSR count). The highest BCUT2D eigenvalue weighted by Crippen LogP contribution is 2.46. The second-order valence-electron chi connectivity index (χ2n) is 21.2. The number of rotatable bonds is 19. The Bertz CT molecular complexity index is 3900. The highest BCUT2D eigenvalue weighted by Gasteiger charge is 2.44. The van der Waals surface area contributed by atoms with E-state index >= 15 is 0 Å². The minimum absolute atomic E-state index is 0.675. The number of aromatic nitrogens is 8. The van der Waals surface area contributed by atoms with E-state index in [0.717, 1.165) is 106 Å². The molecule has 0 fully saturated rings. The number of tetrazole rings is 2. The SMILES string of the molecule is CCCCC1=CN(Cc2ccc(-c3ccccc3-c3nnnn3C(c3ccccc3)(c3ccccc3)c3ccccc3)cc2)CN1Cc1ccc(-c2ccccc2-c2nnnn2C(c2ccccc2)(c2ccccc2)c2ccccc2)cc1. The van der Waals surface area contributed by atoms with Crippen LogP contribution in [-0.2, 0) is 24.2 Å². The first-order valence-corrected chi connectivity index (χ1v) is 28.6. The third-order valence-electron chi connectivity index (χ3n) is 16.2. The fourth-order valence-electron chi connectivity index (χ4n) is 12.3. The van der Waals surface area contributed by atoms with Crippen molar-refractivity contribution in [2.75, 3.05) is 6.67 Å². The van der Waals surface area contributed by atoms with Crippen LogP contribution in [0.2, 0.25) is 0 Å². The molecule has 0 spiro atoms. The molecule has 10 aromatic carbocycles. The van der Waals surface area contributed by atoms with E-state index in [1.807, 2.05) is 9.36 Å². The smallest absolute Gasteiger partial charge is 0.184 e. The van der Waals surface area contributed by atoms with Gasteiger partial charge in [0.05, 0.1) is 6.67 Å². The zero-order valence-electron chi connectivity index (χ0n) is 46.4. The highest BCUT2D eigenvalue weighted by molar-refractivity contribution is 5.82. The molecule has 10 nitrogen and oxygen atoms in total. The van der Waals surface area contributed by atoms with Gasteiger partial charge in [0.25, 0.3) is 0 Å². The molecular formula is C73H62N10. The maximum absolute atomic E-state index is 4.86. The molecule has 0 amide bonds. The van der Waals surface area contributed by atoms with Crippen LogP contribution >= 0.6 is 0 Å². The summed E-state index contributed by atoms with van der Waals surface area (Å²) in [5.74, 6) is 1.35. The van der Waals surface area contributed by atoms with Gasteiger partial charge in [-0.1, -0.05) is 292 Å². The standard InChI is InChI=1S/C73H62N10/c1-2-3-38-65-53-80(51-55-43-47-57(48-44-55)66-39-22-24-41-68(66)70-74-76-78-82(70)72(59-26-10-4-11-27-59,60-28-12-5-13-29-60)61-30-14-6-15-31-61)54-81(65)52-56-45-49-58(50-46-56)67-40-23-25-42-69(67)71-75-77-79-83(71)73(62-32-16-7-17-33-62,63-34-18-8-19-35-63)64-36-20-9-21-37-64/h4-37,39-50,53H,2-3,38,51-52,54H2,1H3. The van der Waals surface area contributed by atoms with Crippen LogP contribution in [0.25, 0.3) is 45.0 Å². The molecule has 12 aromatic rings. The molecule has 1 aliphatic heterocycles. The second-order valence-corrected chi connectivity index (χ2v) is 21.2. The average Bonchev–Trinajstić information content (AvgIpc) is 4.46. The number of allylic oxidation sites excluding steroid dienone is 1. The monoisotopic (exact) mass is 1080 g/mol. The van der Waals surface area contributed by atoms with Crippen LogP contribution in [0, 0.1) is 0 Å². The van der Waals surface area contributed by atoms with Crippen molar-refractivity contribution in [3.8, 4) is 45.0 Å². The molecule has 83 heavy (non-hydrogen) atoms. The number of hydrogen-bond donors (Lipinski definition) is 0. The van der Waals surface area contributed by atoms with Gasteiger partial charge in [-0.2, -0.15) is 0 Å². The van der Waals surface area contributed by atoms with Gasteiger partial charge in [-0.3, -0.25) is 0 Å².